The van der Waals surface area contributed by atoms with Gasteiger partial charge in [-0.1, -0.05) is 0 Å². The molecular weight excluding hydrogens is 200 g/mol. The first-order valence-electron chi connectivity index (χ1n) is 4.76. The molecule has 0 saturated carbocycles. The highest BCUT2D eigenvalue weighted by Crippen LogP contribution is 2.21. The highest BCUT2D eigenvalue weighted by atomic mass is 14.9. The van der Waals surface area contributed by atoms with E-state index in [9.17, 15) is 0 Å². The number of benzene rings is 1. The number of aromatic nitrogens is 1. The molecule has 1 aromatic heterocycles. The Balaban J connectivity index is 2.22. The minimum absolute atomic E-state index is 0.590. The standard InChI is InChI=1S/C12H10N4/c13-7-9-1-3-10(4-2-9)16-12-5-6-15-8-11(12)14/h1-6,8H,14H2,(H,15,16). The maximum Gasteiger partial charge on any atom is 0.0991 e. The highest BCUT2D eigenvalue weighted by Gasteiger charge is 1.98. The van der Waals surface area contributed by atoms with Crippen LogP contribution in [0.15, 0.2) is 42.7 Å². The normalized spacial score (nSPS) is 9.44. The highest BCUT2D eigenvalue weighted by molar-refractivity contribution is 5.71. The van der Waals surface area contributed by atoms with Gasteiger partial charge in [0.1, 0.15) is 0 Å². The Hall–Kier alpha value is -2.54. The van der Waals surface area contributed by atoms with Gasteiger partial charge in [-0.2, -0.15) is 5.26 Å². The first kappa shape index (κ1) is 9.99. The number of nitriles is 1. The fourth-order valence-electron chi connectivity index (χ4n) is 1.30. The summed E-state index contributed by atoms with van der Waals surface area (Å²) in [7, 11) is 0. The number of rotatable bonds is 2. The van der Waals surface area contributed by atoms with Crippen LogP contribution in [0.4, 0.5) is 17.1 Å². The predicted molar refractivity (Wildman–Crippen MR) is 63.1 cm³/mol. The average Bonchev–Trinajstić information content (AvgIpc) is 2.33. The zero-order valence-corrected chi connectivity index (χ0v) is 8.51. The fraction of sp³-hybridized carbons (Fsp3) is 0. The number of nitrogens with one attached hydrogen (secondary N) is 1. The van der Waals surface area contributed by atoms with Crippen LogP contribution in [0.5, 0.6) is 0 Å². The van der Waals surface area contributed by atoms with E-state index in [1.165, 1.54) is 0 Å². The van der Waals surface area contributed by atoms with Gasteiger partial charge in [0.2, 0.25) is 0 Å². The number of hydrogen-bond acceptors (Lipinski definition) is 4. The molecule has 0 aliphatic heterocycles. The maximum absolute atomic E-state index is 8.66. The van der Waals surface area contributed by atoms with E-state index in [1.807, 2.05) is 12.1 Å². The summed E-state index contributed by atoms with van der Waals surface area (Å²) < 4.78 is 0. The van der Waals surface area contributed by atoms with Gasteiger partial charge >= 0.3 is 0 Å². The Morgan fingerprint density at radius 3 is 2.56 bits per heavy atom. The summed E-state index contributed by atoms with van der Waals surface area (Å²) in [4.78, 5) is 3.91. The fourth-order valence-corrected chi connectivity index (χ4v) is 1.30. The molecule has 0 saturated heterocycles. The predicted octanol–water partition coefficient (Wildman–Crippen LogP) is 2.28. The van der Waals surface area contributed by atoms with Crippen molar-refractivity contribution >= 4 is 17.1 Å². The molecule has 4 nitrogen and oxygen atoms in total. The van der Waals surface area contributed by atoms with E-state index in [2.05, 4.69) is 16.4 Å². The van der Waals surface area contributed by atoms with Gasteiger partial charge in [-0.3, -0.25) is 4.98 Å². The van der Waals surface area contributed by atoms with Crippen LogP contribution in [0.3, 0.4) is 0 Å². The molecular formula is C12H10N4. The number of pyridine rings is 1. The third-order valence-electron chi connectivity index (χ3n) is 2.14. The Labute approximate surface area is 93.4 Å². The first-order chi connectivity index (χ1) is 7.79. The largest absolute Gasteiger partial charge is 0.396 e. The Morgan fingerprint density at radius 1 is 1.19 bits per heavy atom. The molecule has 4 heteroatoms. The second-order valence-corrected chi connectivity index (χ2v) is 3.28. The van der Waals surface area contributed by atoms with Crippen LogP contribution in [-0.2, 0) is 0 Å². The number of hydrogen-bond donors (Lipinski definition) is 2. The van der Waals surface area contributed by atoms with Gasteiger partial charge in [0, 0.05) is 11.9 Å². The quantitative estimate of drug-likeness (QED) is 0.797. The lowest BCUT2D eigenvalue weighted by atomic mass is 10.2. The lowest BCUT2D eigenvalue weighted by Gasteiger charge is -2.08. The third-order valence-corrected chi connectivity index (χ3v) is 2.14. The molecule has 0 aliphatic rings. The van der Waals surface area contributed by atoms with Crippen molar-refractivity contribution in [2.75, 3.05) is 11.1 Å². The second-order valence-electron chi connectivity index (χ2n) is 3.28. The minimum Gasteiger partial charge on any atom is -0.396 e. The van der Waals surface area contributed by atoms with E-state index in [4.69, 9.17) is 11.0 Å². The van der Waals surface area contributed by atoms with E-state index >= 15 is 0 Å². The molecule has 2 aromatic rings. The van der Waals surface area contributed by atoms with E-state index in [-0.39, 0.29) is 0 Å². The van der Waals surface area contributed by atoms with Gasteiger partial charge < -0.3 is 11.1 Å². The molecule has 0 radical (unpaired) electrons. The number of nitrogens with zero attached hydrogens (tertiary/aromatic N) is 2. The Bertz CT molecular complexity index is 525. The van der Waals surface area contributed by atoms with Crippen LogP contribution in [-0.4, -0.2) is 4.98 Å². The summed E-state index contributed by atoms with van der Waals surface area (Å²) in [6.07, 6.45) is 3.26. The van der Waals surface area contributed by atoms with E-state index < -0.39 is 0 Å². The SMILES string of the molecule is N#Cc1ccc(Nc2ccncc2N)cc1. The summed E-state index contributed by atoms with van der Waals surface area (Å²) in [5, 5.41) is 11.8. The van der Waals surface area contributed by atoms with Gasteiger partial charge in [0.15, 0.2) is 0 Å². The molecule has 16 heavy (non-hydrogen) atoms. The maximum atomic E-state index is 8.66. The lowest BCUT2D eigenvalue weighted by molar-refractivity contribution is 1.33. The van der Waals surface area contributed by atoms with Crippen molar-refractivity contribution in [1.82, 2.24) is 4.98 Å². The minimum atomic E-state index is 0.590. The van der Waals surface area contributed by atoms with Crippen LogP contribution in [0.1, 0.15) is 5.56 Å². The molecule has 0 aliphatic carbocycles. The molecule has 78 valence electrons. The van der Waals surface area contributed by atoms with Crippen molar-refractivity contribution in [3.8, 4) is 6.07 Å². The monoisotopic (exact) mass is 210 g/mol. The van der Waals surface area contributed by atoms with Gasteiger partial charge in [-0.25, -0.2) is 0 Å². The molecule has 2 rings (SSSR count). The van der Waals surface area contributed by atoms with E-state index in [0.717, 1.165) is 11.4 Å². The van der Waals surface area contributed by atoms with Gasteiger partial charge in [0.05, 0.1) is 29.2 Å². The average molecular weight is 210 g/mol. The molecule has 0 bridgehead atoms. The summed E-state index contributed by atoms with van der Waals surface area (Å²) in [6, 6.07) is 11.0. The van der Waals surface area contributed by atoms with Gasteiger partial charge in [-0.15, -0.1) is 0 Å². The van der Waals surface area contributed by atoms with Crippen molar-refractivity contribution in [1.29, 1.82) is 5.26 Å². The van der Waals surface area contributed by atoms with Crippen LogP contribution >= 0.6 is 0 Å². The number of anilines is 3. The van der Waals surface area contributed by atoms with Crippen molar-refractivity contribution in [2.45, 2.75) is 0 Å². The van der Waals surface area contributed by atoms with Crippen molar-refractivity contribution in [3.05, 3.63) is 48.3 Å². The number of nitrogens with two attached hydrogens (primary N) is 1. The number of nitrogen functional groups attached to an aromatic ring is 1. The summed E-state index contributed by atoms with van der Waals surface area (Å²) in [5.41, 5.74) is 8.66. The van der Waals surface area contributed by atoms with Crippen molar-refractivity contribution in [3.63, 3.8) is 0 Å². The zero-order valence-electron chi connectivity index (χ0n) is 8.51. The topological polar surface area (TPSA) is 74.7 Å². The summed E-state index contributed by atoms with van der Waals surface area (Å²) in [5.74, 6) is 0. The second kappa shape index (κ2) is 4.32. The van der Waals surface area contributed by atoms with E-state index in [1.54, 1.807) is 30.6 Å². The van der Waals surface area contributed by atoms with Crippen molar-refractivity contribution in [2.24, 2.45) is 0 Å². The molecule has 0 fully saturated rings. The summed E-state index contributed by atoms with van der Waals surface area (Å²) >= 11 is 0. The Morgan fingerprint density at radius 2 is 1.94 bits per heavy atom. The van der Waals surface area contributed by atoms with Crippen LogP contribution in [0, 0.1) is 11.3 Å². The molecule has 1 aromatic carbocycles. The first-order valence-corrected chi connectivity index (χ1v) is 4.76. The molecule has 0 amide bonds. The van der Waals surface area contributed by atoms with Crippen LogP contribution in [0.25, 0.3) is 0 Å². The molecule has 1 heterocycles. The van der Waals surface area contributed by atoms with Gasteiger partial charge in [-0.05, 0) is 30.3 Å². The molecule has 3 N–H and O–H groups in total. The van der Waals surface area contributed by atoms with Crippen LogP contribution < -0.4 is 11.1 Å². The molecule has 0 unspecified atom stereocenters. The lowest BCUT2D eigenvalue weighted by Crippen LogP contribution is -1.96. The smallest absolute Gasteiger partial charge is 0.0991 e. The Kier molecular flexibility index (Phi) is 2.70. The van der Waals surface area contributed by atoms with Gasteiger partial charge in [0.25, 0.3) is 0 Å². The molecule has 0 atom stereocenters. The van der Waals surface area contributed by atoms with Crippen molar-refractivity contribution < 1.29 is 0 Å². The van der Waals surface area contributed by atoms with Crippen LogP contribution in [0.2, 0.25) is 0 Å². The molecule has 0 spiro atoms. The third kappa shape index (κ3) is 2.10. The zero-order chi connectivity index (χ0) is 11.4. The summed E-state index contributed by atoms with van der Waals surface area (Å²) in [6.45, 7) is 0. The van der Waals surface area contributed by atoms with E-state index in [0.29, 0.717) is 11.3 Å².